The lowest BCUT2D eigenvalue weighted by atomic mass is 10.0. The number of benzene rings is 2. The van der Waals surface area contributed by atoms with Gasteiger partial charge in [-0.05, 0) is 48.7 Å². The fourth-order valence-corrected chi connectivity index (χ4v) is 5.25. The van der Waals surface area contributed by atoms with E-state index in [0.29, 0.717) is 6.54 Å². The molecule has 1 aliphatic heterocycles. The Morgan fingerprint density at radius 2 is 1.93 bits per heavy atom. The Hall–Kier alpha value is -2.42. The molecule has 156 valence electrons. The lowest BCUT2D eigenvalue weighted by Gasteiger charge is -2.30. The zero-order chi connectivity index (χ0) is 21.3. The van der Waals surface area contributed by atoms with Gasteiger partial charge in [0.2, 0.25) is 15.9 Å². The van der Waals surface area contributed by atoms with Gasteiger partial charge in [-0.3, -0.25) is 4.79 Å². The van der Waals surface area contributed by atoms with Crippen molar-refractivity contribution in [2.45, 2.75) is 22.8 Å². The zero-order valence-electron chi connectivity index (χ0n) is 16.9. The Labute approximate surface area is 181 Å². The minimum atomic E-state index is -3.49. The lowest BCUT2D eigenvalue weighted by Crippen LogP contribution is -2.36. The molecule has 0 radical (unpaired) electrons. The Kier molecular flexibility index (Phi) is 5.81. The number of pyridine rings is 1. The highest BCUT2D eigenvalue weighted by molar-refractivity contribution is 7.99. The topological polar surface area (TPSA) is 70.6 Å². The molecule has 8 heteroatoms. The van der Waals surface area contributed by atoms with E-state index in [1.807, 2.05) is 36.4 Å². The second-order valence-electron chi connectivity index (χ2n) is 7.36. The molecule has 0 saturated carbocycles. The standard InChI is InChI=1S/C22H23N3O3S2/c1-24(2)30(27,28)18-10-11-20-17(14-18)7-5-13-25(20)22(26)15-29-21-12-9-16-6-3-4-8-19(16)23-21/h3-4,6,8-12,14H,5,7,13,15H2,1-2H3. The third-order valence-electron chi connectivity index (χ3n) is 5.17. The Bertz CT molecular complexity index is 1210. The molecule has 6 nitrogen and oxygen atoms in total. The van der Waals surface area contributed by atoms with Crippen LogP contribution in [0.3, 0.4) is 0 Å². The molecule has 0 N–H and O–H groups in total. The van der Waals surface area contributed by atoms with Crippen LogP contribution in [0.5, 0.6) is 0 Å². The quantitative estimate of drug-likeness (QED) is 0.566. The van der Waals surface area contributed by atoms with E-state index < -0.39 is 10.0 Å². The van der Waals surface area contributed by atoms with Crippen molar-refractivity contribution in [3.05, 3.63) is 60.2 Å². The number of thioether (sulfide) groups is 1. The van der Waals surface area contributed by atoms with Crippen molar-refractivity contribution in [1.29, 1.82) is 0 Å². The van der Waals surface area contributed by atoms with Gasteiger partial charge in [-0.25, -0.2) is 17.7 Å². The first-order valence-electron chi connectivity index (χ1n) is 9.71. The van der Waals surface area contributed by atoms with Crippen molar-refractivity contribution in [3.63, 3.8) is 0 Å². The third kappa shape index (κ3) is 4.08. The number of carbonyl (C=O) groups excluding carboxylic acids is 1. The van der Waals surface area contributed by atoms with Crippen molar-refractivity contribution >= 4 is 44.3 Å². The normalized spacial score (nSPS) is 14.2. The molecule has 0 atom stereocenters. The van der Waals surface area contributed by atoms with Crippen LogP contribution in [0, 0.1) is 0 Å². The predicted octanol–water partition coefficient (Wildman–Crippen LogP) is 3.56. The first kappa shape index (κ1) is 20.8. The molecule has 0 bridgehead atoms. The van der Waals surface area contributed by atoms with E-state index in [-0.39, 0.29) is 16.6 Å². The summed E-state index contributed by atoms with van der Waals surface area (Å²) >= 11 is 1.42. The Balaban J connectivity index is 1.51. The highest BCUT2D eigenvalue weighted by atomic mass is 32.2. The summed E-state index contributed by atoms with van der Waals surface area (Å²) in [7, 11) is -0.462. The molecule has 1 aromatic heterocycles. The van der Waals surface area contributed by atoms with Gasteiger partial charge >= 0.3 is 0 Å². The van der Waals surface area contributed by atoms with Gasteiger partial charge in [0, 0.05) is 31.7 Å². The van der Waals surface area contributed by atoms with E-state index in [4.69, 9.17) is 0 Å². The minimum Gasteiger partial charge on any atom is -0.311 e. The number of carbonyl (C=O) groups is 1. The number of para-hydroxylation sites is 1. The van der Waals surface area contributed by atoms with Crippen LogP contribution in [0.1, 0.15) is 12.0 Å². The second-order valence-corrected chi connectivity index (χ2v) is 10.5. The van der Waals surface area contributed by atoms with Gasteiger partial charge in [0.25, 0.3) is 0 Å². The summed E-state index contributed by atoms with van der Waals surface area (Å²) in [5, 5.41) is 1.88. The second kappa shape index (κ2) is 8.37. The summed E-state index contributed by atoms with van der Waals surface area (Å²) in [6, 6.07) is 16.9. The maximum atomic E-state index is 12.9. The summed E-state index contributed by atoms with van der Waals surface area (Å²) in [6.45, 7) is 0.636. The van der Waals surface area contributed by atoms with Crippen molar-refractivity contribution < 1.29 is 13.2 Å². The van der Waals surface area contributed by atoms with Crippen LogP contribution in [0.4, 0.5) is 5.69 Å². The van der Waals surface area contributed by atoms with Gasteiger partial charge in [-0.2, -0.15) is 0 Å². The molecular weight excluding hydrogens is 418 g/mol. The fraction of sp³-hybridized carbons (Fsp3) is 0.273. The lowest BCUT2D eigenvalue weighted by molar-refractivity contribution is -0.116. The first-order chi connectivity index (χ1) is 14.4. The molecule has 1 aliphatic rings. The number of anilines is 1. The van der Waals surface area contributed by atoms with Crippen LogP contribution < -0.4 is 4.90 Å². The number of amides is 1. The monoisotopic (exact) mass is 441 g/mol. The molecule has 0 spiro atoms. The summed E-state index contributed by atoms with van der Waals surface area (Å²) < 4.78 is 26.0. The van der Waals surface area contributed by atoms with Crippen molar-refractivity contribution in [1.82, 2.24) is 9.29 Å². The first-order valence-corrected chi connectivity index (χ1v) is 12.1. The molecule has 2 heterocycles. The van der Waals surface area contributed by atoms with Gasteiger partial charge < -0.3 is 4.90 Å². The van der Waals surface area contributed by atoms with E-state index in [9.17, 15) is 13.2 Å². The molecule has 0 unspecified atom stereocenters. The van der Waals surface area contributed by atoms with Gasteiger partial charge in [-0.1, -0.05) is 36.0 Å². The summed E-state index contributed by atoms with van der Waals surface area (Å²) in [6.07, 6.45) is 1.57. The van der Waals surface area contributed by atoms with Gasteiger partial charge in [0.05, 0.1) is 21.2 Å². The van der Waals surface area contributed by atoms with E-state index in [0.717, 1.165) is 40.0 Å². The molecule has 3 aromatic rings. The number of fused-ring (bicyclic) bond motifs is 2. The van der Waals surface area contributed by atoms with Crippen LogP contribution >= 0.6 is 11.8 Å². The number of hydrogen-bond donors (Lipinski definition) is 0. The highest BCUT2D eigenvalue weighted by Crippen LogP contribution is 2.31. The summed E-state index contributed by atoms with van der Waals surface area (Å²) in [5.74, 6) is 0.279. The minimum absolute atomic E-state index is 0.000810. The zero-order valence-corrected chi connectivity index (χ0v) is 18.5. The number of rotatable bonds is 5. The molecule has 30 heavy (non-hydrogen) atoms. The van der Waals surface area contributed by atoms with E-state index in [1.165, 1.54) is 30.2 Å². The maximum absolute atomic E-state index is 12.9. The van der Waals surface area contributed by atoms with Gasteiger partial charge in [0.15, 0.2) is 0 Å². The van der Waals surface area contributed by atoms with E-state index >= 15 is 0 Å². The van der Waals surface area contributed by atoms with Crippen LogP contribution in [0.25, 0.3) is 10.9 Å². The molecular formula is C22H23N3O3S2. The molecule has 1 amide bonds. The Morgan fingerprint density at radius 1 is 1.13 bits per heavy atom. The third-order valence-corrected chi connectivity index (χ3v) is 7.89. The average Bonchev–Trinajstić information content (AvgIpc) is 2.76. The molecule has 2 aromatic carbocycles. The smallest absolute Gasteiger partial charge is 0.242 e. The average molecular weight is 442 g/mol. The number of aromatic nitrogens is 1. The Morgan fingerprint density at radius 3 is 2.73 bits per heavy atom. The maximum Gasteiger partial charge on any atom is 0.242 e. The molecule has 0 saturated heterocycles. The predicted molar refractivity (Wildman–Crippen MR) is 120 cm³/mol. The van der Waals surface area contributed by atoms with E-state index in [2.05, 4.69) is 4.98 Å². The van der Waals surface area contributed by atoms with Crippen LogP contribution in [-0.4, -0.2) is 50.0 Å². The SMILES string of the molecule is CN(C)S(=O)(=O)c1ccc2c(c1)CCCN2C(=O)CSc1ccc2ccccc2n1. The van der Waals surface area contributed by atoms with Crippen LogP contribution in [0.2, 0.25) is 0 Å². The highest BCUT2D eigenvalue weighted by Gasteiger charge is 2.25. The summed E-state index contributed by atoms with van der Waals surface area (Å²) in [5.41, 5.74) is 2.61. The number of sulfonamides is 1. The fourth-order valence-electron chi connectivity index (χ4n) is 3.55. The molecule has 4 rings (SSSR count). The van der Waals surface area contributed by atoms with Gasteiger partial charge in [0.1, 0.15) is 0 Å². The van der Waals surface area contributed by atoms with Crippen molar-refractivity contribution in [2.24, 2.45) is 0 Å². The van der Waals surface area contributed by atoms with Gasteiger partial charge in [-0.15, -0.1) is 0 Å². The largest absolute Gasteiger partial charge is 0.311 e. The molecule has 0 fully saturated rings. The number of hydrogen-bond acceptors (Lipinski definition) is 5. The molecule has 0 aliphatic carbocycles. The van der Waals surface area contributed by atoms with Crippen LogP contribution in [0.15, 0.2) is 64.5 Å². The van der Waals surface area contributed by atoms with Crippen molar-refractivity contribution in [3.8, 4) is 0 Å². The van der Waals surface area contributed by atoms with Crippen molar-refractivity contribution in [2.75, 3.05) is 31.3 Å². The number of nitrogens with zero attached hydrogens (tertiary/aromatic N) is 3. The summed E-state index contributed by atoms with van der Waals surface area (Å²) in [4.78, 5) is 19.6. The number of aryl methyl sites for hydroxylation is 1. The van der Waals surface area contributed by atoms with Crippen LogP contribution in [-0.2, 0) is 21.2 Å². The van der Waals surface area contributed by atoms with E-state index in [1.54, 1.807) is 23.1 Å².